The molecule has 0 aromatic heterocycles. The fourth-order valence-electron chi connectivity index (χ4n) is 1.91. The highest BCUT2D eigenvalue weighted by Gasteiger charge is 1.90. The molecule has 132 valence electrons. The number of allylic oxidation sites excluding steroid dienone is 12. The molecule has 0 rings (SSSR count). The van der Waals surface area contributed by atoms with Crippen LogP contribution in [0.1, 0.15) is 58.3 Å². The minimum atomic E-state index is -0.217. The normalized spacial score (nSPS) is 13.0. The van der Waals surface area contributed by atoms with Crippen LogP contribution in [0.15, 0.2) is 72.9 Å². The van der Waals surface area contributed by atoms with Crippen LogP contribution in [-0.2, 0) is 4.79 Å². The van der Waals surface area contributed by atoms with Gasteiger partial charge in [0.15, 0.2) is 0 Å². The lowest BCUT2D eigenvalue weighted by Crippen LogP contribution is -2.09. The van der Waals surface area contributed by atoms with Crippen molar-refractivity contribution in [2.24, 2.45) is 5.73 Å². The monoisotopic (exact) mass is 327 g/mol. The zero-order valence-electron chi connectivity index (χ0n) is 15.1. The van der Waals surface area contributed by atoms with Crippen LogP contribution in [-0.4, -0.2) is 5.91 Å². The van der Waals surface area contributed by atoms with Gasteiger partial charge in [-0.1, -0.05) is 72.9 Å². The maximum atomic E-state index is 10.6. The van der Waals surface area contributed by atoms with Gasteiger partial charge in [0.2, 0.25) is 5.91 Å². The summed E-state index contributed by atoms with van der Waals surface area (Å²) < 4.78 is 0. The largest absolute Gasteiger partial charge is 0.370 e. The van der Waals surface area contributed by atoms with Crippen molar-refractivity contribution < 1.29 is 4.79 Å². The standard InChI is InChI=1S/C22H33NO/c1-2-3-4-5-6-7-8-9-10-11-12-13-14-15-16-17-18-19-20-21-22(23)24/h2-3,5-6,8-9,11-12,14-15,17-18H,4,7,10,13,16,19-21H2,1H3,(H2,23,24)/b3-2+,6-5+,9-8+,12-11+,15-14+,18-17+. The molecule has 0 unspecified atom stereocenters. The van der Waals surface area contributed by atoms with Crippen molar-refractivity contribution in [1.82, 2.24) is 0 Å². The average Bonchev–Trinajstić information content (AvgIpc) is 2.56. The van der Waals surface area contributed by atoms with E-state index in [1.54, 1.807) is 0 Å². The Kier molecular flexibility index (Phi) is 17.3. The van der Waals surface area contributed by atoms with E-state index in [4.69, 9.17) is 5.73 Å². The molecule has 0 aliphatic carbocycles. The first-order chi connectivity index (χ1) is 11.8. The van der Waals surface area contributed by atoms with Gasteiger partial charge in [0, 0.05) is 6.42 Å². The summed E-state index contributed by atoms with van der Waals surface area (Å²) >= 11 is 0. The summed E-state index contributed by atoms with van der Waals surface area (Å²) in [5.74, 6) is -0.217. The Morgan fingerprint density at radius 3 is 1.42 bits per heavy atom. The third kappa shape index (κ3) is 19.9. The molecule has 0 bridgehead atoms. The van der Waals surface area contributed by atoms with Crippen LogP contribution in [0.25, 0.3) is 0 Å². The van der Waals surface area contributed by atoms with Gasteiger partial charge >= 0.3 is 0 Å². The SMILES string of the molecule is C/C=C/C/C=C/C/C=C/C/C=C/C/C=C/C/C=C/CCCC(N)=O. The van der Waals surface area contributed by atoms with E-state index in [0.717, 1.165) is 44.9 Å². The second-order valence-electron chi connectivity index (χ2n) is 5.46. The predicted octanol–water partition coefficient (Wildman–Crippen LogP) is 5.95. The number of hydrogen-bond acceptors (Lipinski definition) is 1. The number of amides is 1. The molecule has 0 aromatic carbocycles. The Morgan fingerprint density at radius 1 is 0.667 bits per heavy atom. The van der Waals surface area contributed by atoms with Gasteiger partial charge in [0.1, 0.15) is 0 Å². The fraction of sp³-hybridized carbons (Fsp3) is 0.409. The van der Waals surface area contributed by atoms with Gasteiger partial charge in [-0.25, -0.2) is 0 Å². The lowest BCUT2D eigenvalue weighted by molar-refractivity contribution is -0.118. The number of rotatable bonds is 14. The van der Waals surface area contributed by atoms with Crippen molar-refractivity contribution in [3.63, 3.8) is 0 Å². The molecule has 0 saturated heterocycles. The van der Waals surface area contributed by atoms with Crippen LogP contribution < -0.4 is 5.73 Å². The van der Waals surface area contributed by atoms with Gasteiger partial charge in [-0.2, -0.15) is 0 Å². The van der Waals surface area contributed by atoms with E-state index in [1.807, 2.05) is 6.92 Å². The van der Waals surface area contributed by atoms with Gasteiger partial charge in [-0.3, -0.25) is 4.79 Å². The quantitative estimate of drug-likeness (QED) is 0.311. The van der Waals surface area contributed by atoms with Crippen LogP contribution in [0.2, 0.25) is 0 Å². The summed E-state index contributed by atoms with van der Waals surface area (Å²) in [4.78, 5) is 10.6. The Hall–Kier alpha value is -2.09. The lowest BCUT2D eigenvalue weighted by Gasteiger charge is -1.90. The predicted molar refractivity (Wildman–Crippen MR) is 107 cm³/mol. The van der Waals surface area contributed by atoms with Crippen molar-refractivity contribution in [3.05, 3.63) is 72.9 Å². The smallest absolute Gasteiger partial charge is 0.217 e. The number of carbonyl (C=O) groups excluding carboxylic acids is 1. The summed E-state index contributed by atoms with van der Waals surface area (Å²) in [6.45, 7) is 2.04. The van der Waals surface area contributed by atoms with Crippen LogP contribution in [0.4, 0.5) is 0 Å². The molecule has 0 radical (unpaired) electrons. The van der Waals surface area contributed by atoms with Gasteiger partial charge in [-0.15, -0.1) is 0 Å². The summed E-state index contributed by atoms with van der Waals surface area (Å²) in [6.07, 6.45) is 33.2. The molecule has 0 aliphatic heterocycles. The zero-order chi connectivity index (χ0) is 17.7. The molecule has 1 amide bonds. The van der Waals surface area contributed by atoms with E-state index in [2.05, 4.69) is 72.9 Å². The first kappa shape index (κ1) is 21.9. The molecule has 0 aromatic rings. The average molecular weight is 328 g/mol. The van der Waals surface area contributed by atoms with E-state index in [0.29, 0.717) is 6.42 Å². The number of nitrogens with two attached hydrogens (primary N) is 1. The molecule has 0 saturated carbocycles. The van der Waals surface area contributed by atoms with E-state index in [9.17, 15) is 4.79 Å². The topological polar surface area (TPSA) is 43.1 Å². The minimum Gasteiger partial charge on any atom is -0.370 e. The number of hydrogen-bond donors (Lipinski definition) is 1. The Balaban J connectivity index is 3.49. The molecule has 0 spiro atoms. The first-order valence-corrected chi connectivity index (χ1v) is 8.91. The summed E-state index contributed by atoms with van der Waals surface area (Å²) in [5.41, 5.74) is 5.08. The maximum absolute atomic E-state index is 10.6. The maximum Gasteiger partial charge on any atom is 0.217 e. The molecule has 24 heavy (non-hydrogen) atoms. The highest BCUT2D eigenvalue weighted by atomic mass is 16.1. The lowest BCUT2D eigenvalue weighted by atomic mass is 10.2. The van der Waals surface area contributed by atoms with E-state index in [1.165, 1.54) is 0 Å². The Bertz CT molecular complexity index is 464. The molecule has 0 aliphatic rings. The van der Waals surface area contributed by atoms with Crippen LogP contribution in [0.3, 0.4) is 0 Å². The van der Waals surface area contributed by atoms with Crippen LogP contribution in [0.5, 0.6) is 0 Å². The van der Waals surface area contributed by atoms with Crippen LogP contribution in [0, 0.1) is 0 Å². The highest BCUT2D eigenvalue weighted by Crippen LogP contribution is 1.98. The third-order valence-corrected chi connectivity index (χ3v) is 3.22. The van der Waals surface area contributed by atoms with Gasteiger partial charge in [-0.05, 0) is 51.9 Å². The van der Waals surface area contributed by atoms with E-state index < -0.39 is 0 Å². The second-order valence-corrected chi connectivity index (χ2v) is 5.46. The van der Waals surface area contributed by atoms with Crippen molar-refractivity contribution >= 4 is 5.91 Å². The summed E-state index contributed by atoms with van der Waals surface area (Å²) in [7, 11) is 0. The molecular formula is C22H33NO. The molecule has 2 nitrogen and oxygen atoms in total. The van der Waals surface area contributed by atoms with E-state index >= 15 is 0 Å². The van der Waals surface area contributed by atoms with Gasteiger partial charge < -0.3 is 5.73 Å². The minimum absolute atomic E-state index is 0.217. The highest BCUT2D eigenvalue weighted by molar-refractivity contribution is 5.73. The third-order valence-electron chi connectivity index (χ3n) is 3.22. The molecule has 0 fully saturated rings. The van der Waals surface area contributed by atoms with Crippen molar-refractivity contribution in [2.45, 2.75) is 58.3 Å². The van der Waals surface area contributed by atoms with Gasteiger partial charge in [0.05, 0.1) is 0 Å². The van der Waals surface area contributed by atoms with Crippen LogP contribution >= 0.6 is 0 Å². The molecular weight excluding hydrogens is 294 g/mol. The summed E-state index contributed by atoms with van der Waals surface area (Å²) in [5, 5.41) is 0. The zero-order valence-corrected chi connectivity index (χ0v) is 15.1. The second kappa shape index (κ2) is 19.0. The Labute approximate surface area is 148 Å². The van der Waals surface area contributed by atoms with Crippen molar-refractivity contribution in [1.29, 1.82) is 0 Å². The molecule has 0 atom stereocenters. The number of primary amides is 1. The number of carbonyl (C=O) groups is 1. The van der Waals surface area contributed by atoms with Crippen molar-refractivity contribution in [3.8, 4) is 0 Å². The van der Waals surface area contributed by atoms with Crippen molar-refractivity contribution in [2.75, 3.05) is 0 Å². The fourth-order valence-corrected chi connectivity index (χ4v) is 1.91. The Morgan fingerprint density at radius 2 is 1.04 bits per heavy atom. The summed E-state index contributed by atoms with van der Waals surface area (Å²) in [6, 6.07) is 0. The van der Waals surface area contributed by atoms with Gasteiger partial charge in [0.25, 0.3) is 0 Å². The number of unbranched alkanes of at least 4 members (excludes halogenated alkanes) is 1. The molecule has 0 heterocycles. The first-order valence-electron chi connectivity index (χ1n) is 8.91. The molecule has 2 N–H and O–H groups in total. The molecule has 2 heteroatoms. The van der Waals surface area contributed by atoms with E-state index in [-0.39, 0.29) is 5.91 Å².